The van der Waals surface area contributed by atoms with Crippen LogP contribution in [0.15, 0.2) is 18.2 Å². The Balaban J connectivity index is 2.23. The molecule has 2 rings (SSSR count). The molecule has 0 saturated carbocycles. The van der Waals surface area contributed by atoms with Crippen molar-refractivity contribution in [2.75, 3.05) is 0 Å². The van der Waals surface area contributed by atoms with Crippen molar-refractivity contribution in [3.63, 3.8) is 0 Å². The standard InChI is InChI=1S/C10H10BF3O3/c12-10(13,14)9-4-1-6-5-7(11(15)16)2-3-8(6)17-9/h2-3,5,9,15-16H,1,4H2. The van der Waals surface area contributed by atoms with Crippen LogP contribution in [0.2, 0.25) is 0 Å². The average molecular weight is 246 g/mol. The molecule has 1 unspecified atom stereocenters. The van der Waals surface area contributed by atoms with Crippen LogP contribution in [0.1, 0.15) is 12.0 Å². The van der Waals surface area contributed by atoms with Crippen LogP contribution < -0.4 is 10.2 Å². The van der Waals surface area contributed by atoms with Gasteiger partial charge in [-0.15, -0.1) is 0 Å². The Labute approximate surface area is 96.0 Å². The summed E-state index contributed by atoms with van der Waals surface area (Å²) in [5.74, 6) is 0.156. The van der Waals surface area contributed by atoms with E-state index in [4.69, 9.17) is 14.8 Å². The lowest BCUT2D eigenvalue weighted by Gasteiger charge is -2.27. The van der Waals surface area contributed by atoms with Crippen molar-refractivity contribution in [1.82, 2.24) is 0 Å². The molecule has 0 aromatic heterocycles. The van der Waals surface area contributed by atoms with Crippen LogP contribution in [0.4, 0.5) is 13.2 Å². The summed E-state index contributed by atoms with van der Waals surface area (Å²) in [6, 6.07) is 4.12. The third-order valence-electron chi connectivity index (χ3n) is 2.69. The zero-order valence-electron chi connectivity index (χ0n) is 8.74. The molecule has 0 radical (unpaired) electrons. The highest BCUT2D eigenvalue weighted by Crippen LogP contribution is 2.34. The van der Waals surface area contributed by atoms with Crippen molar-refractivity contribution >= 4 is 12.6 Å². The molecule has 1 aromatic carbocycles. The normalized spacial score (nSPS) is 19.5. The second kappa shape index (κ2) is 4.23. The number of hydrogen-bond donors (Lipinski definition) is 2. The Morgan fingerprint density at radius 1 is 1.29 bits per heavy atom. The first kappa shape index (κ1) is 12.3. The molecule has 17 heavy (non-hydrogen) atoms. The highest BCUT2D eigenvalue weighted by Gasteiger charge is 2.43. The van der Waals surface area contributed by atoms with Gasteiger partial charge in [-0.1, -0.05) is 12.1 Å². The summed E-state index contributed by atoms with van der Waals surface area (Å²) in [4.78, 5) is 0. The predicted octanol–water partition coefficient (Wildman–Crippen LogP) is 0.622. The van der Waals surface area contributed by atoms with Crippen LogP contribution in [-0.4, -0.2) is 29.4 Å². The Hall–Kier alpha value is -1.21. The molecule has 0 amide bonds. The van der Waals surface area contributed by atoms with E-state index in [0.717, 1.165) is 0 Å². The van der Waals surface area contributed by atoms with Crippen LogP contribution in [-0.2, 0) is 6.42 Å². The fourth-order valence-electron chi connectivity index (χ4n) is 1.80. The first-order valence-corrected chi connectivity index (χ1v) is 5.10. The van der Waals surface area contributed by atoms with Gasteiger partial charge >= 0.3 is 13.3 Å². The maximum Gasteiger partial charge on any atom is 0.488 e. The SMILES string of the molecule is OB(O)c1ccc2c(c1)CCC(C(F)(F)F)O2. The Morgan fingerprint density at radius 2 is 2.00 bits per heavy atom. The van der Waals surface area contributed by atoms with Gasteiger partial charge in [0.15, 0.2) is 6.10 Å². The van der Waals surface area contributed by atoms with E-state index in [9.17, 15) is 13.2 Å². The molecule has 7 heteroatoms. The number of benzene rings is 1. The van der Waals surface area contributed by atoms with Crippen LogP contribution in [0.3, 0.4) is 0 Å². The first-order chi connectivity index (χ1) is 7.88. The van der Waals surface area contributed by atoms with Crippen LogP contribution in [0, 0.1) is 0 Å². The van der Waals surface area contributed by atoms with Crippen LogP contribution in [0.25, 0.3) is 0 Å². The zero-order valence-corrected chi connectivity index (χ0v) is 8.74. The second-order valence-electron chi connectivity index (χ2n) is 3.93. The molecule has 0 fully saturated rings. The van der Waals surface area contributed by atoms with Gasteiger partial charge in [0.1, 0.15) is 5.75 Å². The summed E-state index contributed by atoms with van der Waals surface area (Å²) in [7, 11) is -1.62. The molecule has 1 aliphatic rings. The number of rotatable bonds is 1. The minimum atomic E-state index is -4.37. The van der Waals surface area contributed by atoms with Crippen molar-refractivity contribution in [2.24, 2.45) is 0 Å². The van der Waals surface area contributed by atoms with E-state index in [-0.39, 0.29) is 24.1 Å². The third-order valence-corrected chi connectivity index (χ3v) is 2.69. The molecule has 2 N–H and O–H groups in total. The predicted molar refractivity (Wildman–Crippen MR) is 55.1 cm³/mol. The van der Waals surface area contributed by atoms with E-state index in [2.05, 4.69) is 0 Å². The van der Waals surface area contributed by atoms with Crippen molar-refractivity contribution < 1.29 is 28.0 Å². The average Bonchev–Trinajstić information content (AvgIpc) is 2.26. The van der Waals surface area contributed by atoms with E-state index < -0.39 is 19.4 Å². The van der Waals surface area contributed by atoms with E-state index in [1.165, 1.54) is 18.2 Å². The zero-order chi connectivity index (χ0) is 12.6. The van der Waals surface area contributed by atoms with Crippen molar-refractivity contribution in [3.05, 3.63) is 23.8 Å². The van der Waals surface area contributed by atoms with E-state index in [0.29, 0.717) is 5.56 Å². The molecule has 0 spiro atoms. The van der Waals surface area contributed by atoms with E-state index in [1.807, 2.05) is 0 Å². The molecule has 1 atom stereocenters. The maximum atomic E-state index is 12.4. The van der Waals surface area contributed by atoms with Crippen LogP contribution >= 0.6 is 0 Å². The summed E-state index contributed by atoms with van der Waals surface area (Å²) in [5.41, 5.74) is 0.814. The minimum Gasteiger partial charge on any atom is -0.481 e. The molecule has 1 aliphatic heterocycles. The number of aryl methyl sites for hydroxylation is 1. The summed E-state index contributed by atoms with van der Waals surface area (Å²) in [5, 5.41) is 17.9. The van der Waals surface area contributed by atoms with Gasteiger partial charge in [-0.25, -0.2) is 0 Å². The lowest BCUT2D eigenvalue weighted by Crippen LogP contribution is -2.38. The minimum absolute atomic E-state index is 0.151. The quantitative estimate of drug-likeness (QED) is 0.714. The Kier molecular flexibility index (Phi) is 3.05. The monoisotopic (exact) mass is 246 g/mol. The fraction of sp³-hybridized carbons (Fsp3) is 0.400. The maximum absolute atomic E-state index is 12.4. The molecule has 0 bridgehead atoms. The first-order valence-electron chi connectivity index (χ1n) is 5.10. The second-order valence-corrected chi connectivity index (χ2v) is 3.93. The van der Waals surface area contributed by atoms with Gasteiger partial charge in [0, 0.05) is 0 Å². The van der Waals surface area contributed by atoms with Gasteiger partial charge < -0.3 is 14.8 Å². The number of hydrogen-bond acceptors (Lipinski definition) is 3. The molecule has 1 heterocycles. The van der Waals surface area contributed by atoms with Gasteiger partial charge in [-0.2, -0.15) is 13.2 Å². The van der Waals surface area contributed by atoms with Gasteiger partial charge in [-0.05, 0) is 29.9 Å². The Morgan fingerprint density at radius 3 is 2.59 bits per heavy atom. The Bertz CT molecular complexity index is 420. The lowest BCUT2D eigenvalue weighted by atomic mass is 9.79. The molecule has 1 aromatic rings. The molecule has 0 saturated heterocycles. The van der Waals surface area contributed by atoms with E-state index in [1.54, 1.807) is 0 Å². The molecular formula is C10H10BF3O3. The van der Waals surface area contributed by atoms with E-state index >= 15 is 0 Å². The largest absolute Gasteiger partial charge is 0.488 e. The highest BCUT2D eigenvalue weighted by molar-refractivity contribution is 6.58. The number of halogens is 3. The molecule has 92 valence electrons. The lowest BCUT2D eigenvalue weighted by molar-refractivity contribution is -0.199. The fourth-order valence-corrected chi connectivity index (χ4v) is 1.80. The number of fused-ring (bicyclic) bond motifs is 1. The summed E-state index contributed by atoms with van der Waals surface area (Å²) >= 11 is 0. The van der Waals surface area contributed by atoms with Gasteiger partial charge in [0.05, 0.1) is 0 Å². The topological polar surface area (TPSA) is 49.7 Å². The summed E-state index contributed by atoms with van der Waals surface area (Å²) < 4.78 is 42.2. The van der Waals surface area contributed by atoms with Crippen LogP contribution in [0.5, 0.6) is 5.75 Å². The smallest absolute Gasteiger partial charge is 0.481 e. The number of alkyl halides is 3. The van der Waals surface area contributed by atoms with Crippen molar-refractivity contribution in [2.45, 2.75) is 25.1 Å². The molecular weight excluding hydrogens is 236 g/mol. The highest BCUT2D eigenvalue weighted by atomic mass is 19.4. The third kappa shape index (κ3) is 2.55. The molecule has 0 aliphatic carbocycles. The van der Waals surface area contributed by atoms with Gasteiger partial charge in [-0.3, -0.25) is 0 Å². The summed E-state index contributed by atoms with van der Waals surface area (Å²) in [6.07, 6.45) is -6.09. The van der Waals surface area contributed by atoms with Gasteiger partial charge in [0.25, 0.3) is 0 Å². The summed E-state index contributed by atoms with van der Waals surface area (Å²) in [6.45, 7) is 0. The molecule has 3 nitrogen and oxygen atoms in total. The van der Waals surface area contributed by atoms with Gasteiger partial charge in [0.2, 0.25) is 0 Å². The van der Waals surface area contributed by atoms with Crippen molar-refractivity contribution in [3.8, 4) is 5.75 Å². The van der Waals surface area contributed by atoms with Crippen molar-refractivity contribution in [1.29, 1.82) is 0 Å². The number of ether oxygens (including phenoxy) is 1.